The minimum Gasteiger partial charge on any atom is -0.200 e. The number of rotatable bonds is 4. The summed E-state index contributed by atoms with van der Waals surface area (Å²) in [7, 11) is -3.79. The molecule has 0 radical (unpaired) electrons. The monoisotopic (exact) mass is 410 g/mol. The van der Waals surface area contributed by atoms with Gasteiger partial charge in [0.15, 0.2) is 0 Å². The van der Waals surface area contributed by atoms with Gasteiger partial charge < -0.3 is 0 Å². The lowest BCUT2D eigenvalue weighted by molar-refractivity contribution is 0.371. The first-order valence-electron chi connectivity index (χ1n) is 8.94. The topological polar surface area (TPSA) is 49.7 Å². The van der Waals surface area contributed by atoms with E-state index < -0.39 is 16.1 Å². The van der Waals surface area contributed by atoms with Crippen LogP contribution in [0.25, 0.3) is 0 Å². The van der Waals surface area contributed by atoms with Gasteiger partial charge in [-0.2, -0.15) is 17.9 Å². The number of halogens is 1. The molecular weight excluding hydrogens is 392 g/mol. The van der Waals surface area contributed by atoms with Gasteiger partial charge >= 0.3 is 0 Å². The van der Waals surface area contributed by atoms with Gasteiger partial charge in [0.05, 0.1) is 16.6 Å². The van der Waals surface area contributed by atoms with Crippen molar-refractivity contribution in [3.05, 3.63) is 101 Å². The zero-order valence-electron chi connectivity index (χ0n) is 15.3. The maximum atomic E-state index is 13.4. The van der Waals surface area contributed by atoms with Gasteiger partial charge in [-0.05, 0) is 42.3 Å². The molecule has 1 aliphatic rings. The van der Waals surface area contributed by atoms with Crippen molar-refractivity contribution in [2.45, 2.75) is 24.3 Å². The molecule has 0 aromatic heterocycles. The third kappa shape index (κ3) is 3.55. The van der Waals surface area contributed by atoms with Crippen molar-refractivity contribution in [3.63, 3.8) is 0 Å². The average Bonchev–Trinajstić information content (AvgIpc) is 3.16. The van der Waals surface area contributed by atoms with E-state index >= 15 is 0 Å². The van der Waals surface area contributed by atoms with E-state index in [1.165, 1.54) is 4.41 Å². The lowest BCUT2D eigenvalue weighted by Crippen LogP contribution is -2.27. The van der Waals surface area contributed by atoms with Crippen molar-refractivity contribution in [2.75, 3.05) is 0 Å². The lowest BCUT2D eigenvalue weighted by Gasteiger charge is -2.23. The summed E-state index contributed by atoms with van der Waals surface area (Å²) in [4.78, 5) is 0.232. The van der Waals surface area contributed by atoms with E-state index in [0.717, 1.165) is 22.4 Å². The summed E-state index contributed by atoms with van der Waals surface area (Å²) in [5.74, 6) is 0. The van der Waals surface area contributed by atoms with Crippen molar-refractivity contribution in [2.24, 2.45) is 5.10 Å². The number of hydrogen-bond donors (Lipinski definition) is 0. The largest absolute Gasteiger partial charge is 0.279 e. The first kappa shape index (κ1) is 18.7. The minimum atomic E-state index is -3.79. The molecule has 28 heavy (non-hydrogen) atoms. The van der Waals surface area contributed by atoms with E-state index in [4.69, 9.17) is 11.6 Å². The lowest BCUT2D eigenvalue weighted by atomic mass is 9.99. The van der Waals surface area contributed by atoms with E-state index in [1.54, 1.807) is 36.4 Å². The van der Waals surface area contributed by atoms with Gasteiger partial charge in [-0.15, -0.1) is 0 Å². The Bertz CT molecular complexity index is 1110. The molecule has 3 aromatic rings. The summed E-state index contributed by atoms with van der Waals surface area (Å²) in [6, 6.07) is 23.3. The SMILES string of the molecule is Cc1ccc(S(=O)(=O)N2N=C(c3ccccc3)C[C@@H]2c2ccc(Cl)cc2)cc1. The van der Waals surface area contributed by atoms with Gasteiger partial charge in [-0.3, -0.25) is 0 Å². The fourth-order valence-electron chi connectivity index (χ4n) is 3.27. The molecule has 4 rings (SSSR count). The maximum Gasteiger partial charge on any atom is 0.279 e. The third-order valence-corrected chi connectivity index (χ3v) is 6.75. The number of benzene rings is 3. The molecule has 0 bridgehead atoms. The summed E-state index contributed by atoms with van der Waals surface area (Å²) in [5, 5.41) is 5.15. The molecule has 0 N–H and O–H groups in total. The van der Waals surface area contributed by atoms with Gasteiger partial charge in [-0.25, -0.2) is 0 Å². The van der Waals surface area contributed by atoms with Gasteiger partial charge in [0.25, 0.3) is 10.0 Å². The van der Waals surface area contributed by atoms with Gasteiger partial charge in [0.1, 0.15) is 0 Å². The smallest absolute Gasteiger partial charge is 0.200 e. The Kier molecular flexibility index (Phi) is 4.96. The van der Waals surface area contributed by atoms with Crippen LogP contribution in [0.4, 0.5) is 0 Å². The van der Waals surface area contributed by atoms with Gasteiger partial charge in [-0.1, -0.05) is 71.8 Å². The summed E-state index contributed by atoms with van der Waals surface area (Å²) in [6.07, 6.45) is 0.497. The van der Waals surface area contributed by atoms with Crippen molar-refractivity contribution in [3.8, 4) is 0 Å². The number of hydrazone groups is 1. The summed E-state index contributed by atoms with van der Waals surface area (Å²) in [6.45, 7) is 1.93. The molecular formula is C22H19ClN2O2S. The van der Waals surface area contributed by atoms with E-state index in [0.29, 0.717) is 11.4 Å². The van der Waals surface area contributed by atoms with Crippen molar-refractivity contribution < 1.29 is 8.42 Å². The average molecular weight is 411 g/mol. The zero-order valence-corrected chi connectivity index (χ0v) is 16.9. The summed E-state index contributed by atoms with van der Waals surface area (Å²) >= 11 is 6.02. The molecule has 0 saturated heterocycles. The number of sulfonamides is 1. The molecule has 0 spiro atoms. The Morgan fingerprint density at radius 1 is 0.929 bits per heavy atom. The highest BCUT2D eigenvalue weighted by Gasteiger charge is 2.37. The van der Waals surface area contributed by atoms with Crippen LogP contribution in [0.3, 0.4) is 0 Å². The molecule has 0 amide bonds. The fraction of sp³-hybridized carbons (Fsp3) is 0.136. The second kappa shape index (κ2) is 7.41. The predicted molar refractivity (Wildman–Crippen MR) is 112 cm³/mol. The standard InChI is InChI=1S/C22H19ClN2O2S/c1-16-7-13-20(14-8-16)28(26,27)25-22(18-9-11-19(23)12-10-18)15-21(24-25)17-5-3-2-4-6-17/h2-14,22H,15H2,1H3/t22-/m1/s1. The summed E-state index contributed by atoms with van der Waals surface area (Å²) < 4.78 is 28.0. The molecule has 142 valence electrons. The highest BCUT2D eigenvalue weighted by molar-refractivity contribution is 7.89. The minimum absolute atomic E-state index is 0.232. The van der Waals surface area contributed by atoms with E-state index in [-0.39, 0.29) is 4.90 Å². The number of aryl methyl sites for hydroxylation is 1. The van der Waals surface area contributed by atoms with Crippen molar-refractivity contribution in [1.29, 1.82) is 0 Å². The fourth-order valence-corrected chi connectivity index (χ4v) is 4.83. The molecule has 4 nitrogen and oxygen atoms in total. The van der Waals surface area contributed by atoms with Crippen LogP contribution < -0.4 is 0 Å². The van der Waals surface area contributed by atoms with Crippen LogP contribution in [-0.2, 0) is 10.0 Å². The Morgan fingerprint density at radius 3 is 2.21 bits per heavy atom. The van der Waals surface area contributed by atoms with E-state index in [1.807, 2.05) is 49.4 Å². The predicted octanol–water partition coefficient (Wildman–Crippen LogP) is 5.19. The zero-order chi connectivity index (χ0) is 19.7. The van der Waals surface area contributed by atoms with Crippen LogP contribution in [0.2, 0.25) is 5.02 Å². The molecule has 6 heteroatoms. The molecule has 0 aliphatic carbocycles. The normalized spacial score (nSPS) is 16.9. The Labute approximate surface area is 170 Å². The first-order valence-corrected chi connectivity index (χ1v) is 10.8. The van der Waals surface area contributed by atoms with Crippen LogP contribution in [-0.4, -0.2) is 18.5 Å². The van der Waals surface area contributed by atoms with Crippen LogP contribution in [0, 0.1) is 6.92 Å². The molecule has 0 saturated carbocycles. The van der Waals surface area contributed by atoms with Crippen molar-refractivity contribution in [1.82, 2.24) is 4.41 Å². The van der Waals surface area contributed by atoms with Gasteiger partial charge in [0.2, 0.25) is 0 Å². The molecule has 1 aliphatic heterocycles. The highest BCUT2D eigenvalue weighted by Crippen LogP contribution is 2.37. The maximum absolute atomic E-state index is 13.4. The summed E-state index contributed by atoms with van der Waals surface area (Å²) in [5.41, 5.74) is 3.53. The van der Waals surface area contributed by atoms with Gasteiger partial charge in [0, 0.05) is 11.4 Å². The second-order valence-corrected chi connectivity index (χ2v) is 9.01. The molecule has 1 atom stereocenters. The third-order valence-electron chi connectivity index (χ3n) is 4.80. The molecule has 1 heterocycles. The Hall–Kier alpha value is -2.63. The molecule has 0 fully saturated rings. The Balaban J connectivity index is 1.79. The van der Waals surface area contributed by atoms with Crippen molar-refractivity contribution >= 4 is 27.3 Å². The number of nitrogens with zero attached hydrogens (tertiary/aromatic N) is 2. The van der Waals surface area contributed by atoms with Crippen LogP contribution >= 0.6 is 11.6 Å². The van der Waals surface area contributed by atoms with E-state index in [2.05, 4.69) is 5.10 Å². The molecule has 0 unspecified atom stereocenters. The second-order valence-electron chi connectivity index (χ2n) is 6.77. The van der Waals surface area contributed by atoms with Crippen LogP contribution in [0.1, 0.15) is 29.2 Å². The first-order chi connectivity index (χ1) is 13.4. The van der Waals surface area contributed by atoms with E-state index in [9.17, 15) is 8.42 Å². The number of hydrogen-bond acceptors (Lipinski definition) is 3. The van der Waals surface area contributed by atoms with Crippen LogP contribution in [0.5, 0.6) is 0 Å². The quantitative estimate of drug-likeness (QED) is 0.594. The van der Waals surface area contributed by atoms with Crippen LogP contribution in [0.15, 0.2) is 88.9 Å². The molecule has 3 aromatic carbocycles. The Morgan fingerprint density at radius 2 is 1.57 bits per heavy atom. The highest BCUT2D eigenvalue weighted by atomic mass is 35.5.